The number of nitrogens with one attached hydrogen (secondary N) is 1. The number of piperidine rings is 1. The van der Waals surface area contributed by atoms with Crippen molar-refractivity contribution in [2.24, 2.45) is 7.05 Å². The van der Waals surface area contributed by atoms with Gasteiger partial charge in [-0.2, -0.15) is 20.1 Å². The Labute approximate surface area is 122 Å². The summed E-state index contributed by atoms with van der Waals surface area (Å²) in [5.74, 6) is 1.99. The quantitative estimate of drug-likeness (QED) is 0.820. The monoisotopic (exact) mass is 289 g/mol. The molecule has 3 heterocycles. The average Bonchev–Trinajstić information content (AvgIpc) is 2.91. The zero-order valence-corrected chi connectivity index (χ0v) is 12.0. The van der Waals surface area contributed by atoms with E-state index in [1.165, 1.54) is 6.42 Å². The zero-order chi connectivity index (χ0) is 14.7. The third-order valence-corrected chi connectivity index (χ3v) is 3.33. The molecule has 0 aromatic carbocycles. The van der Waals surface area contributed by atoms with Crippen molar-refractivity contribution in [1.29, 1.82) is 0 Å². The van der Waals surface area contributed by atoms with E-state index in [2.05, 4.69) is 35.3 Å². The fourth-order valence-corrected chi connectivity index (χ4v) is 2.32. The van der Waals surface area contributed by atoms with Gasteiger partial charge in [-0.25, -0.2) is 4.98 Å². The third kappa shape index (κ3) is 3.36. The first-order chi connectivity index (χ1) is 10.2. The molecule has 3 rings (SSSR count). The summed E-state index contributed by atoms with van der Waals surface area (Å²) >= 11 is 0. The molecule has 9 nitrogen and oxygen atoms in total. The summed E-state index contributed by atoms with van der Waals surface area (Å²) in [7, 11) is 1.83. The molecule has 0 radical (unpaired) electrons. The van der Waals surface area contributed by atoms with Crippen LogP contribution in [0.1, 0.15) is 25.1 Å². The molecule has 0 amide bonds. The highest BCUT2D eigenvalue weighted by atomic mass is 15.3. The largest absolute Gasteiger partial charge is 0.368 e. The number of rotatable bonds is 4. The molecule has 2 aromatic heterocycles. The number of aromatic nitrogens is 6. The van der Waals surface area contributed by atoms with Crippen LogP contribution < -0.4 is 16.0 Å². The average molecular weight is 289 g/mol. The van der Waals surface area contributed by atoms with Crippen molar-refractivity contribution in [3.63, 3.8) is 0 Å². The van der Waals surface area contributed by atoms with Crippen molar-refractivity contribution in [2.45, 2.75) is 25.8 Å². The summed E-state index contributed by atoms with van der Waals surface area (Å²) in [5, 5.41) is 7.28. The lowest BCUT2D eigenvalue weighted by Crippen LogP contribution is -2.31. The SMILES string of the molecule is Cn1cnc(CNc2nc(N)nc(N3CCCCC3)n2)n1. The second kappa shape index (κ2) is 5.90. The van der Waals surface area contributed by atoms with Crippen molar-refractivity contribution in [3.8, 4) is 0 Å². The van der Waals surface area contributed by atoms with Gasteiger partial charge in [-0.1, -0.05) is 0 Å². The molecule has 112 valence electrons. The van der Waals surface area contributed by atoms with E-state index in [0.29, 0.717) is 24.3 Å². The first-order valence-electron chi connectivity index (χ1n) is 7.05. The van der Waals surface area contributed by atoms with E-state index in [0.717, 1.165) is 25.9 Å². The highest BCUT2D eigenvalue weighted by Gasteiger charge is 2.15. The van der Waals surface area contributed by atoms with Gasteiger partial charge in [0.2, 0.25) is 17.8 Å². The van der Waals surface area contributed by atoms with Crippen molar-refractivity contribution in [1.82, 2.24) is 29.7 Å². The minimum absolute atomic E-state index is 0.224. The summed E-state index contributed by atoms with van der Waals surface area (Å²) in [6, 6.07) is 0. The van der Waals surface area contributed by atoms with Gasteiger partial charge >= 0.3 is 0 Å². The molecule has 1 aliphatic rings. The van der Waals surface area contributed by atoms with Gasteiger partial charge in [-0.05, 0) is 19.3 Å². The molecule has 9 heteroatoms. The Kier molecular flexibility index (Phi) is 3.80. The van der Waals surface area contributed by atoms with Crippen LogP contribution in [0.2, 0.25) is 0 Å². The van der Waals surface area contributed by atoms with Gasteiger partial charge in [0.1, 0.15) is 6.33 Å². The summed E-state index contributed by atoms with van der Waals surface area (Å²) in [6.07, 6.45) is 5.23. The summed E-state index contributed by atoms with van der Waals surface area (Å²) in [4.78, 5) is 19.0. The molecular weight excluding hydrogens is 270 g/mol. The second-order valence-electron chi connectivity index (χ2n) is 5.05. The Bertz CT molecular complexity index is 603. The van der Waals surface area contributed by atoms with E-state index >= 15 is 0 Å². The predicted molar refractivity (Wildman–Crippen MR) is 78.6 cm³/mol. The Hall–Kier alpha value is -2.45. The van der Waals surface area contributed by atoms with Crippen LogP contribution in [0.5, 0.6) is 0 Å². The van der Waals surface area contributed by atoms with Crippen LogP contribution in [-0.4, -0.2) is 42.8 Å². The number of nitrogen functional groups attached to an aromatic ring is 1. The molecule has 0 saturated carbocycles. The molecule has 0 aliphatic carbocycles. The molecule has 1 saturated heterocycles. The maximum atomic E-state index is 5.77. The van der Waals surface area contributed by atoms with Crippen LogP contribution in [0.25, 0.3) is 0 Å². The summed E-state index contributed by atoms with van der Waals surface area (Å²) < 4.78 is 1.65. The number of hydrogen-bond donors (Lipinski definition) is 2. The Morgan fingerprint density at radius 1 is 1.19 bits per heavy atom. The first-order valence-corrected chi connectivity index (χ1v) is 7.05. The maximum absolute atomic E-state index is 5.77. The number of nitrogens with zero attached hydrogens (tertiary/aromatic N) is 7. The van der Waals surface area contributed by atoms with Crippen LogP contribution in [0.4, 0.5) is 17.8 Å². The summed E-state index contributed by atoms with van der Waals surface area (Å²) in [6.45, 7) is 2.37. The lowest BCUT2D eigenvalue weighted by Gasteiger charge is -2.26. The van der Waals surface area contributed by atoms with Crippen LogP contribution in [-0.2, 0) is 13.6 Å². The van der Waals surface area contributed by atoms with Crippen LogP contribution in [0.3, 0.4) is 0 Å². The fraction of sp³-hybridized carbons (Fsp3) is 0.583. The maximum Gasteiger partial charge on any atom is 0.231 e. The smallest absolute Gasteiger partial charge is 0.231 e. The van der Waals surface area contributed by atoms with E-state index in [9.17, 15) is 0 Å². The van der Waals surface area contributed by atoms with Crippen molar-refractivity contribution in [3.05, 3.63) is 12.2 Å². The molecule has 1 fully saturated rings. The Morgan fingerprint density at radius 2 is 2.00 bits per heavy atom. The molecule has 1 aliphatic heterocycles. The van der Waals surface area contributed by atoms with Crippen molar-refractivity contribution in [2.75, 3.05) is 29.0 Å². The molecular formula is C12H19N9. The minimum Gasteiger partial charge on any atom is -0.368 e. The number of nitrogens with two attached hydrogens (primary N) is 1. The highest BCUT2D eigenvalue weighted by molar-refractivity contribution is 5.42. The van der Waals surface area contributed by atoms with Crippen molar-refractivity contribution >= 4 is 17.8 Å². The van der Waals surface area contributed by atoms with Gasteiger partial charge < -0.3 is 16.0 Å². The van der Waals surface area contributed by atoms with E-state index in [-0.39, 0.29) is 5.95 Å². The number of aryl methyl sites for hydroxylation is 1. The van der Waals surface area contributed by atoms with Crippen LogP contribution in [0, 0.1) is 0 Å². The second-order valence-corrected chi connectivity index (χ2v) is 5.05. The molecule has 0 unspecified atom stereocenters. The van der Waals surface area contributed by atoms with Gasteiger partial charge in [0.25, 0.3) is 0 Å². The third-order valence-electron chi connectivity index (χ3n) is 3.33. The molecule has 21 heavy (non-hydrogen) atoms. The van der Waals surface area contributed by atoms with E-state index in [1.807, 2.05) is 7.05 Å². The molecule has 0 atom stereocenters. The molecule has 0 bridgehead atoms. The zero-order valence-electron chi connectivity index (χ0n) is 12.0. The lowest BCUT2D eigenvalue weighted by molar-refractivity contribution is 0.568. The standard InChI is InChI=1S/C12H19N9/c1-20-8-15-9(19-20)7-14-11-16-10(13)17-12(18-11)21-5-3-2-4-6-21/h8H,2-7H2,1H3,(H3,13,14,16,17,18). The lowest BCUT2D eigenvalue weighted by atomic mass is 10.1. The summed E-state index contributed by atoms with van der Waals surface area (Å²) in [5.41, 5.74) is 5.77. The van der Waals surface area contributed by atoms with Crippen molar-refractivity contribution < 1.29 is 0 Å². The predicted octanol–water partition coefficient (Wildman–Crippen LogP) is 0.185. The van der Waals surface area contributed by atoms with E-state index in [4.69, 9.17) is 5.73 Å². The molecule has 2 aromatic rings. The normalized spacial score (nSPS) is 15.2. The van der Waals surface area contributed by atoms with Gasteiger partial charge in [0.05, 0.1) is 6.54 Å². The van der Waals surface area contributed by atoms with Gasteiger partial charge in [-0.15, -0.1) is 0 Å². The Balaban J connectivity index is 1.71. The Morgan fingerprint density at radius 3 is 2.71 bits per heavy atom. The van der Waals surface area contributed by atoms with Crippen LogP contribution >= 0.6 is 0 Å². The van der Waals surface area contributed by atoms with E-state index < -0.39 is 0 Å². The van der Waals surface area contributed by atoms with Crippen LogP contribution in [0.15, 0.2) is 6.33 Å². The molecule has 0 spiro atoms. The number of hydrogen-bond acceptors (Lipinski definition) is 8. The van der Waals surface area contributed by atoms with E-state index in [1.54, 1.807) is 11.0 Å². The minimum atomic E-state index is 0.224. The number of anilines is 3. The topological polar surface area (TPSA) is 111 Å². The molecule has 3 N–H and O–H groups in total. The highest BCUT2D eigenvalue weighted by Crippen LogP contribution is 2.17. The van der Waals surface area contributed by atoms with Gasteiger partial charge in [0, 0.05) is 20.1 Å². The first kappa shape index (κ1) is 13.5. The fourth-order valence-electron chi connectivity index (χ4n) is 2.32. The van der Waals surface area contributed by atoms with Gasteiger partial charge in [0.15, 0.2) is 5.82 Å². The van der Waals surface area contributed by atoms with Gasteiger partial charge in [-0.3, -0.25) is 4.68 Å².